The normalized spacial score (nSPS) is 30.6. The predicted molar refractivity (Wildman–Crippen MR) is 78.7 cm³/mol. The third kappa shape index (κ3) is 3.31. The van der Waals surface area contributed by atoms with Gasteiger partial charge in [0, 0.05) is 35.1 Å². The molecule has 0 aliphatic carbocycles. The van der Waals surface area contributed by atoms with E-state index in [1.165, 1.54) is 24.3 Å². The summed E-state index contributed by atoms with van der Waals surface area (Å²) < 4.78 is 0. The van der Waals surface area contributed by atoms with Gasteiger partial charge < -0.3 is 5.32 Å². The van der Waals surface area contributed by atoms with E-state index in [-0.39, 0.29) is 5.92 Å². The predicted octanol–water partition coefficient (Wildman–Crippen LogP) is 3.38. The Morgan fingerprint density at radius 2 is 2.28 bits per heavy atom. The molecule has 3 heteroatoms. The highest BCUT2D eigenvalue weighted by molar-refractivity contribution is 8.00. The molecule has 2 rings (SSSR count). The number of hydrogen-bond donors (Lipinski definition) is 1. The molecule has 0 aromatic carbocycles. The molecule has 1 N–H and O–H groups in total. The zero-order valence-electron chi connectivity index (χ0n) is 11.6. The molecule has 2 nitrogen and oxygen atoms in total. The second kappa shape index (κ2) is 6.14. The number of carbonyl (C=O) groups excluding carboxylic acids is 1. The van der Waals surface area contributed by atoms with Crippen LogP contribution in [0.15, 0.2) is 12.3 Å². The van der Waals surface area contributed by atoms with Crippen LogP contribution in [0.3, 0.4) is 0 Å². The third-order valence-electron chi connectivity index (χ3n) is 4.16. The summed E-state index contributed by atoms with van der Waals surface area (Å²) >= 11 is 2.11. The summed E-state index contributed by atoms with van der Waals surface area (Å²) in [5.74, 6) is 2.66. The number of rotatable bonds is 6. The molecule has 2 fully saturated rings. The number of allylic oxidation sites excluding steroid dienone is 1. The first-order valence-electron chi connectivity index (χ1n) is 7.16. The molecule has 2 heterocycles. The molecule has 0 aromatic rings. The summed E-state index contributed by atoms with van der Waals surface area (Å²) in [5, 5.41) is 4.29. The first-order chi connectivity index (χ1) is 8.58. The minimum Gasteiger partial charge on any atom is -0.385 e. The monoisotopic (exact) mass is 267 g/mol. The molecule has 0 amide bonds. The van der Waals surface area contributed by atoms with Crippen LogP contribution in [0.5, 0.6) is 0 Å². The molecule has 0 radical (unpaired) electrons. The van der Waals surface area contributed by atoms with Crippen LogP contribution in [0.2, 0.25) is 0 Å². The Balaban J connectivity index is 1.66. The minimum atomic E-state index is 0.206. The lowest BCUT2D eigenvalue weighted by Crippen LogP contribution is -2.26. The Bertz CT molecular complexity index is 326. The van der Waals surface area contributed by atoms with Crippen LogP contribution in [-0.2, 0) is 4.79 Å². The first kappa shape index (κ1) is 14.0. The number of fused-ring (bicyclic) bond motifs is 1. The van der Waals surface area contributed by atoms with Crippen molar-refractivity contribution in [3.05, 3.63) is 12.3 Å². The highest BCUT2D eigenvalue weighted by atomic mass is 32.2. The van der Waals surface area contributed by atoms with Crippen LogP contribution in [0.1, 0.15) is 46.0 Å². The highest BCUT2D eigenvalue weighted by Gasteiger charge is 2.40. The van der Waals surface area contributed by atoms with Gasteiger partial charge in [-0.25, -0.2) is 0 Å². The van der Waals surface area contributed by atoms with Gasteiger partial charge in [0.05, 0.1) is 0 Å². The number of ketones is 1. The second-order valence-electron chi connectivity index (χ2n) is 5.96. The van der Waals surface area contributed by atoms with Gasteiger partial charge >= 0.3 is 0 Å². The molecule has 0 bridgehead atoms. The minimum absolute atomic E-state index is 0.206. The maximum Gasteiger partial charge on any atom is 0.135 e. The molecule has 102 valence electrons. The van der Waals surface area contributed by atoms with E-state index in [1.54, 1.807) is 0 Å². The van der Waals surface area contributed by atoms with Gasteiger partial charge in [-0.15, -0.1) is 0 Å². The number of hydrogen-bond acceptors (Lipinski definition) is 3. The lowest BCUT2D eigenvalue weighted by molar-refractivity contribution is -0.122. The number of carbonyl (C=O) groups is 1. The van der Waals surface area contributed by atoms with Crippen LogP contribution in [0.25, 0.3) is 0 Å². The molecule has 2 aliphatic heterocycles. The van der Waals surface area contributed by atoms with Crippen molar-refractivity contribution in [2.24, 2.45) is 11.8 Å². The van der Waals surface area contributed by atoms with Crippen LogP contribution < -0.4 is 5.32 Å². The Hall–Kier alpha value is -0.440. The summed E-state index contributed by atoms with van der Waals surface area (Å²) in [6.07, 6.45) is 5.47. The summed E-state index contributed by atoms with van der Waals surface area (Å²) in [4.78, 5) is 11.5. The van der Waals surface area contributed by atoms with Crippen molar-refractivity contribution in [3.63, 3.8) is 0 Å². The van der Waals surface area contributed by atoms with Crippen LogP contribution in [0, 0.1) is 11.8 Å². The molecule has 0 unspecified atom stereocenters. The zero-order chi connectivity index (χ0) is 13.1. The smallest absolute Gasteiger partial charge is 0.135 e. The molecular weight excluding hydrogens is 242 g/mol. The molecule has 0 saturated carbocycles. The number of Topliss-reactive ketones (excluding diaryl/α,β-unsaturated/α-hetero) is 1. The number of thioether (sulfide) groups is 1. The van der Waals surface area contributed by atoms with E-state index < -0.39 is 0 Å². The van der Waals surface area contributed by atoms with Crippen molar-refractivity contribution in [1.29, 1.82) is 0 Å². The fourth-order valence-corrected chi connectivity index (χ4v) is 4.64. The van der Waals surface area contributed by atoms with Crippen LogP contribution in [-0.4, -0.2) is 22.8 Å². The Kier molecular flexibility index (Phi) is 4.77. The zero-order valence-corrected chi connectivity index (χ0v) is 12.4. The van der Waals surface area contributed by atoms with Crippen molar-refractivity contribution in [1.82, 2.24) is 5.32 Å². The molecule has 0 spiro atoms. The maximum absolute atomic E-state index is 11.5. The SMILES string of the molecule is C=C1C[C@H]2[C@H](CS[C@H]2CCCCC(=O)C(C)C)N1. The third-order valence-corrected chi connectivity index (χ3v) is 5.73. The van der Waals surface area contributed by atoms with Crippen molar-refractivity contribution < 1.29 is 4.79 Å². The first-order valence-corrected chi connectivity index (χ1v) is 8.21. The summed E-state index contributed by atoms with van der Waals surface area (Å²) in [7, 11) is 0. The van der Waals surface area contributed by atoms with Crippen molar-refractivity contribution in [3.8, 4) is 0 Å². The maximum atomic E-state index is 11.5. The average molecular weight is 267 g/mol. The largest absolute Gasteiger partial charge is 0.385 e. The van der Waals surface area contributed by atoms with E-state index in [0.717, 1.165) is 30.4 Å². The fraction of sp³-hybridized carbons (Fsp3) is 0.800. The fourth-order valence-electron chi connectivity index (χ4n) is 2.99. The van der Waals surface area contributed by atoms with Gasteiger partial charge in [0.15, 0.2) is 0 Å². The summed E-state index contributed by atoms with van der Waals surface area (Å²) in [5.41, 5.74) is 1.23. The van der Waals surface area contributed by atoms with Gasteiger partial charge in [0.25, 0.3) is 0 Å². The standard InChI is InChI=1S/C15H25NOS/c1-10(2)14(17)6-4-5-7-15-12-8-11(3)16-13(12)9-18-15/h10,12-13,15-16H,3-9H2,1-2H3/t12-,13-,15-/m0/s1. The molecule has 0 aromatic heterocycles. The lowest BCUT2D eigenvalue weighted by atomic mass is 9.93. The molecule has 18 heavy (non-hydrogen) atoms. The van der Waals surface area contributed by atoms with Gasteiger partial charge in [-0.3, -0.25) is 4.79 Å². The topological polar surface area (TPSA) is 29.1 Å². The Labute approximate surface area is 115 Å². The number of unbranched alkanes of at least 4 members (excludes halogenated alkanes) is 1. The van der Waals surface area contributed by atoms with E-state index in [9.17, 15) is 4.79 Å². The number of nitrogens with one attached hydrogen (secondary N) is 1. The van der Waals surface area contributed by atoms with E-state index in [0.29, 0.717) is 11.8 Å². The van der Waals surface area contributed by atoms with Crippen LogP contribution in [0.4, 0.5) is 0 Å². The van der Waals surface area contributed by atoms with Crippen molar-refractivity contribution in [2.75, 3.05) is 5.75 Å². The van der Waals surface area contributed by atoms with E-state index >= 15 is 0 Å². The van der Waals surface area contributed by atoms with E-state index in [4.69, 9.17) is 0 Å². The molecular formula is C15H25NOS. The van der Waals surface area contributed by atoms with Gasteiger partial charge in [0.2, 0.25) is 0 Å². The Morgan fingerprint density at radius 3 is 3.00 bits per heavy atom. The van der Waals surface area contributed by atoms with Gasteiger partial charge in [0.1, 0.15) is 5.78 Å². The van der Waals surface area contributed by atoms with Gasteiger partial charge in [-0.2, -0.15) is 11.8 Å². The van der Waals surface area contributed by atoms with E-state index in [1.807, 2.05) is 13.8 Å². The molecule has 2 aliphatic rings. The molecule has 2 saturated heterocycles. The van der Waals surface area contributed by atoms with Gasteiger partial charge in [-0.05, 0) is 25.2 Å². The van der Waals surface area contributed by atoms with Gasteiger partial charge in [-0.1, -0.05) is 26.8 Å². The summed E-state index contributed by atoms with van der Waals surface area (Å²) in [6, 6.07) is 0.671. The highest BCUT2D eigenvalue weighted by Crippen LogP contribution is 2.42. The quantitative estimate of drug-likeness (QED) is 0.748. The van der Waals surface area contributed by atoms with Crippen molar-refractivity contribution >= 4 is 17.5 Å². The Morgan fingerprint density at radius 1 is 1.50 bits per heavy atom. The second-order valence-corrected chi connectivity index (χ2v) is 7.23. The van der Waals surface area contributed by atoms with Crippen molar-refractivity contribution in [2.45, 2.75) is 57.2 Å². The van der Waals surface area contributed by atoms with Crippen LogP contribution >= 0.6 is 11.8 Å². The lowest BCUT2D eigenvalue weighted by Gasteiger charge is -2.16. The summed E-state index contributed by atoms with van der Waals surface area (Å²) in [6.45, 7) is 8.04. The molecule has 3 atom stereocenters. The van der Waals surface area contributed by atoms with E-state index in [2.05, 4.69) is 23.7 Å². The average Bonchev–Trinajstić information content (AvgIpc) is 2.84.